The van der Waals surface area contributed by atoms with E-state index in [1.807, 2.05) is 56.0 Å². The molecule has 4 rings (SSSR count). The number of carbonyl (C=O) groups is 2. The first kappa shape index (κ1) is 22.3. The minimum Gasteiger partial charge on any atom is -0.457 e. The van der Waals surface area contributed by atoms with E-state index in [1.165, 1.54) is 12.1 Å². The summed E-state index contributed by atoms with van der Waals surface area (Å²) in [5.74, 6) is -0.946. The van der Waals surface area contributed by atoms with Crippen molar-refractivity contribution in [3.63, 3.8) is 0 Å². The van der Waals surface area contributed by atoms with Gasteiger partial charge in [0, 0.05) is 12.2 Å². The molecule has 2 heterocycles. The van der Waals surface area contributed by atoms with Crippen molar-refractivity contribution in [3.8, 4) is 0 Å². The molecule has 6 nitrogen and oxygen atoms in total. The fourth-order valence-electron chi connectivity index (χ4n) is 4.67. The van der Waals surface area contributed by atoms with E-state index in [4.69, 9.17) is 4.74 Å². The number of rotatable bonds is 4. The van der Waals surface area contributed by atoms with Gasteiger partial charge < -0.3 is 19.9 Å². The van der Waals surface area contributed by atoms with Gasteiger partial charge in [-0.15, -0.1) is 0 Å². The highest BCUT2D eigenvalue weighted by atomic mass is 19.1. The molecule has 1 spiro atoms. The molecule has 2 aliphatic rings. The molecule has 7 heteroatoms. The molecule has 2 aromatic rings. The number of carbonyl (C=O) groups excluding carboxylic acids is 2. The number of hydrogen-bond donors (Lipinski definition) is 1. The quantitative estimate of drug-likeness (QED) is 0.740. The lowest BCUT2D eigenvalue weighted by Crippen LogP contribution is -2.58. The van der Waals surface area contributed by atoms with E-state index in [0.717, 1.165) is 5.56 Å². The third-order valence-corrected chi connectivity index (χ3v) is 6.01. The van der Waals surface area contributed by atoms with Gasteiger partial charge in [0.15, 0.2) is 0 Å². The minimum atomic E-state index is -0.939. The number of nitrogens with zero attached hydrogens (tertiary/aromatic N) is 2. The second-order valence-electron chi connectivity index (χ2n) is 9.45. The molecular formula is C25H30FN3O3. The van der Waals surface area contributed by atoms with Gasteiger partial charge >= 0.3 is 5.97 Å². The Morgan fingerprint density at radius 1 is 1.09 bits per heavy atom. The summed E-state index contributed by atoms with van der Waals surface area (Å²) in [4.78, 5) is 31.0. The van der Waals surface area contributed by atoms with E-state index in [0.29, 0.717) is 31.6 Å². The lowest BCUT2D eigenvalue weighted by molar-refractivity contribution is -0.162. The van der Waals surface area contributed by atoms with Crippen LogP contribution in [0.2, 0.25) is 0 Å². The van der Waals surface area contributed by atoms with Crippen molar-refractivity contribution < 1.29 is 18.7 Å². The molecule has 0 radical (unpaired) electrons. The third kappa shape index (κ3) is 4.21. The summed E-state index contributed by atoms with van der Waals surface area (Å²) in [5, 5.41) is 3.31. The van der Waals surface area contributed by atoms with Gasteiger partial charge in [-0.25, -0.2) is 9.18 Å². The summed E-state index contributed by atoms with van der Waals surface area (Å²) in [7, 11) is 0. The second kappa shape index (κ2) is 8.54. The standard InChI is InChI=1S/C25H30FN3O3/c1-24(2,3)32-22(30)21-28(17-18-7-5-4-6-8-18)23(31)25(13-15-27-16-14-25)29(21)20-11-9-19(26)10-12-20/h4-12,21,27H,13-17H2,1-3H3. The van der Waals surface area contributed by atoms with Crippen LogP contribution < -0.4 is 10.2 Å². The molecule has 2 saturated heterocycles. The lowest BCUT2D eigenvalue weighted by atomic mass is 9.86. The maximum absolute atomic E-state index is 14.0. The lowest BCUT2D eigenvalue weighted by Gasteiger charge is -2.42. The van der Waals surface area contributed by atoms with Crippen molar-refractivity contribution in [1.82, 2.24) is 10.2 Å². The van der Waals surface area contributed by atoms with Crippen LogP contribution in [-0.4, -0.2) is 47.2 Å². The molecule has 0 aromatic heterocycles. The molecule has 0 bridgehead atoms. The molecule has 2 fully saturated rings. The normalized spacial score (nSPS) is 20.6. The number of hydrogen-bond acceptors (Lipinski definition) is 5. The topological polar surface area (TPSA) is 61.9 Å². The second-order valence-corrected chi connectivity index (χ2v) is 9.45. The summed E-state index contributed by atoms with van der Waals surface area (Å²) >= 11 is 0. The molecule has 32 heavy (non-hydrogen) atoms. The summed E-state index contributed by atoms with van der Waals surface area (Å²) in [5.41, 5.74) is -0.0384. The number of amides is 1. The van der Waals surface area contributed by atoms with E-state index in [9.17, 15) is 14.0 Å². The van der Waals surface area contributed by atoms with Crippen molar-refractivity contribution in [2.24, 2.45) is 0 Å². The summed E-state index contributed by atoms with van der Waals surface area (Å²) in [6.07, 6.45) is 0.159. The van der Waals surface area contributed by atoms with E-state index in [-0.39, 0.29) is 18.3 Å². The van der Waals surface area contributed by atoms with Crippen molar-refractivity contribution in [3.05, 3.63) is 66.0 Å². The van der Waals surface area contributed by atoms with Crippen molar-refractivity contribution in [2.75, 3.05) is 18.0 Å². The van der Waals surface area contributed by atoms with Gasteiger partial charge in [-0.05, 0) is 76.5 Å². The van der Waals surface area contributed by atoms with Crippen LogP contribution >= 0.6 is 0 Å². The number of piperidine rings is 1. The fourth-order valence-corrected chi connectivity index (χ4v) is 4.67. The Labute approximate surface area is 188 Å². The molecule has 1 unspecified atom stereocenters. The van der Waals surface area contributed by atoms with Crippen LogP contribution in [0.25, 0.3) is 0 Å². The summed E-state index contributed by atoms with van der Waals surface area (Å²) < 4.78 is 19.5. The Bertz CT molecular complexity index is 966. The molecule has 0 saturated carbocycles. The number of anilines is 1. The average Bonchev–Trinajstić information content (AvgIpc) is 2.97. The summed E-state index contributed by atoms with van der Waals surface area (Å²) in [6, 6.07) is 15.6. The van der Waals surface area contributed by atoms with E-state index in [2.05, 4.69) is 5.32 Å². The molecule has 1 amide bonds. The maximum Gasteiger partial charge on any atom is 0.350 e. The van der Waals surface area contributed by atoms with Gasteiger partial charge in [-0.2, -0.15) is 0 Å². The van der Waals surface area contributed by atoms with Crippen LogP contribution in [0.5, 0.6) is 0 Å². The van der Waals surface area contributed by atoms with Gasteiger partial charge in [0.25, 0.3) is 5.91 Å². The van der Waals surface area contributed by atoms with Gasteiger partial charge in [-0.3, -0.25) is 4.79 Å². The van der Waals surface area contributed by atoms with Gasteiger partial charge in [0.05, 0.1) is 0 Å². The van der Waals surface area contributed by atoms with Crippen LogP contribution in [0.1, 0.15) is 39.2 Å². The highest BCUT2D eigenvalue weighted by Crippen LogP contribution is 2.43. The monoisotopic (exact) mass is 439 g/mol. The number of nitrogens with one attached hydrogen (secondary N) is 1. The Hall–Kier alpha value is -2.93. The maximum atomic E-state index is 14.0. The first-order chi connectivity index (χ1) is 15.2. The van der Waals surface area contributed by atoms with Crippen molar-refractivity contribution in [2.45, 2.75) is 57.5 Å². The van der Waals surface area contributed by atoms with E-state index >= 15 is 0 Å². The van der Waals surface area contributed by atoms with E-state index < -0.39 is 23.3 Å². The molecule has 2 aromatic carbocycles. The number of esters is 1. The number of halogens is 1. The van der Waals surface area contributed by atoms with Crippen molar-refractivity contribution in [1.29, 1.82) is 0 Å². The predicted molar refractivity (Wildman–Crippen MR) is 120 cm³/mol. The van der Waals surface area contributed by atoms with Crippen molar-refractivity contribution >= 4 is 17.6 Å². The Balaban J connectivity index is 1.83. The molecule has 0 aliphatic carbocycles. The van der Waals surface area contributed by atoms with Gasteiger partial charge in [-0.1, -0.05) is 30.3 Å². The minimum absolute atomic E-state index is 0.0944. The molecule has 2 aliphatic heterocycles. The van der Waals surface area contributed by atoms with Crippen LogP contribution in [0.3, 0.4) is 0 Å². The van der Waals surface area contributed by atoms with Crippen LogP contribution in [-0.2, 0) is 20.9 Å². The van der Waals surface area contributed by atoms with Gasteiger partial charge in [0.2, 0.25) is 6.17 Å². The van der Waals surface area contributed by atoms with Crippen LogP contribution in [0, 0.1) is 5.82 Å². The smallest absolute Gasteiger partial charge is 0.350 e. The Kier molecular flexibility index (Phi) is 5.95. The Morgan fingerprint density at radius 2 is 1.72 bits per heavy atom. The predicted octanol–water partition coefficient (Wildman–Crippen LogP) is 3.46. The van der Waals surface area contributed by atoms with Crippen LogP contribution in [0.4, 0.5) is 10.1 Å². The first-order valence-corrected chi connectivity index (χ1v) is 11.0. The highest BCUT2D eigenvalue weighted by molar-refractivity contribution is 6.00. The highest BCUT2D eigenvalue weighted by Gasteiger charge is 2.60. The molecular weight excluding hydrogens is 409 g/mol. The van der Waals surface area contributed by atoms with E-state index in [1.54, 1.807) is 17.0 Å². The molecule has 1 atom stereocenters. The zero-order chi connectivity index (χ0) is 22.9. The number of benzene rings is 2. The SMILES string of the molecule is CC(C)(C)OC(=O)C1N(Cc2ccccc2)C(=O)C2(CCNCC2)N1c1ccc(F)cc1. The van der Waals surface area contributed by atoms with Gasteiger partial charge in [0.1, 0.15) is 17.0 Å². The zero-order valence-corrected chi connectivity index (χ0v) is 18.8. The largest absolute Gasteiger partial charge is 0.457 e. The van der Waals surface area contributed by atoms with Crippen LogP contribution in [0.15, 0.2) is 54.6 Å². The number of ether oxygens (including phenoxy) is 1. The average molecular weight is 440 g/mol. The molecule has 170 valence electrons. The third-order valence-electron chi connectivity index (χ3n) is 6.01. The Morgan fingerprint density at radius 3 is 2.31 bits per heavy atom. The first-order valence-electron chi connectivity index (χ1n) is 11.0. The molecule has 1 N–H and O–H groups in total. The summed E-state index contributed by atoms with van der Waals surface area (Å²) in [6.45, 7) is 7.03. The fraction of sp³-hybridized carbons (Fsp3) is 0.440. The zero-order valence-electron chi connectivity index (χ0n) is 18.8.